The summed E-state index contributed by atoms with van der Waals surface area (Å²) < 4.78 is 5.70. The van der Waals surface area contributed by atoms with Crippen LogP contribution in [0.2, 0.25) is 0 Å². The van der Waals surface area contributed by atoms with E-state index >= 15 is 0 Å². The van der Waals surface area contributed by atoms with Crippen molar-refractivity contribution in [2.75, 3.05) is 66.5 Å². The highest BCUT2D eigenvalue weighted by Crippen LogP contribution is 2.41. The van der Waals surface area contributed by atoms with Crippen LogP contribution in [0, 0.1) is 5.92 Å². The molecule has 4 rings (SSSR count). The Hall–Kier alpha value is -2.65. The quantitative estimate of drug-likeness (QED) is 0.304. The van der Waals surface area contributed by atoms with Crippen molar-refractivity contribution >= 4 is 17.8 Å². The van der Waals surface area contributed by atoms with E-state index in [2.05, 4.69) is 36.9 Å². The summed E-state index contributed by atoms with van der Waals surface area (Å²) in [6, 6.07) is 5.84. The molecule has 1 aromatic rings. The molecule has 41 heavy (non-hydrogen) atoms. The molecule has 2 saturated heterocycles. The van der Waals surface area contributed by atoms with Crippen molar-refractivity contribution in [2.24, 2.45) is 5.92 Å². The lowest BCUT2D eigenvalue weighted by atomic mass is 9.83. The van der Waals surface area contributed by atoms with Crippen LogP contribution in [0.25, 0.3) is 0 Å². The fourth-order valence-electron chi connectivity index (χ4n) is 6.77. The third kappa shape index (κ3) is 8.22. The van der Waals surface area contributed by atoms with E-state index in [9.17, 15) is 19.5 Å². The van der Waals surface area contributed by atoms with Gasteiger partial charge in [0.25, 0.3) is 0 Å². The molecular weight excluding hydrogens is 520 g/mol. The number of carbonyl (C=O) groups excluding carboxylic acids is 2. The van der Waals surface area contributed by atoms with E-state index in [1.807, 2.05) is 21.9 Å². The molecule has 9 nitrogen and oxygen atoms in total. The minimum atomic E-state index is -0.810. The van der Waals surface area contributed by atoms with Crippen LogP contribution in [0.15, 0.2) is 18.2 Å². The predicted molar refractivity (Wildman–Crippen MR) is 159 cm³/mol. The number of benzene rings is 1. The van der Waals surface area contributed by atoms with E-state index in [4.69, 9.17) is 4.74 Å². The maximum atomic E-state index is 13.7. The fourth-order valence-corrected chi connectivity index (χ4v) is 6.77. The van der Waals surface area contributed by atoms with Gasteiger partial charge in [-0.05, 0) is 76.4 Å². The Kier molecular flexibility index (Phi) is 11.5. The lowest BCUT2D eigenvalue weighted by Gasteiger charge is -2.30. The highest BCUT2D eigenvalue weighted by atomic mass is 16.5. The van der Waals surface area contributed by atoms with Gasteiger partial charge in [-0.3, -0.25) is 19.3 Å². The van der Waals surface area contributed by atoms with Crippen molar-refractivity contribution < 1.29 is 24.2 Å². The van der Waals surface area contributed by atoms with Gasteiger partial charge in [0.2, 0.25) is 11.8 Å². The molecule has 0 radical (unpaired) electrons. The topological polar surface area (TPSA) is 93.6 Å². The van der Waals surface area contributed by atoms with Crippen LogP contribution in [0.3, 0.4) is 0 Å². The molecule has 1 N–H and O–H groups in total. The number of unbranched alkanes of at least 4 members (excludes halogenated alkanes) is 2. The Morgan fingerprint density at radius 3 is 2.56 bits per heavy atom. The summed E-state index contributed by atoms with van der Waals surface area (Å²) in [5.41, 5.74) is 2.15. The van der Waals surface area contributed by atoms with Crippen molar-refractivity contribution in [3.05, 3.63) is 29.3 Å². The fraction of sp³-hybridized carbons (Fsp3) is 0.719. The molecule has 3 aliphatic heterocycles. The second kappa shape index (κ2) is 15.0. The monoisotopic (exact) mass is 570 g/mol. The maximum Gasteiger partial charge on any atom is 0.308 e. The number of carbonyl (C=O) groups is 3. The van der Waals surface area contributed by atoms with E-state index < -0.39 is 11.9 Å². The van der Waals surface area contributed by atoms with Crippen LogP contribution in [0.5, 0.6) is 5.75 Å². The second-order valence-electron chi connectivity index (χ2n) is 12.3. The summed E-state index contributed by atoms with van der Waals surface area (Å²) in [6.07, 6.45) is 7.70. The molecule has 0 unspecified atom stereocenters. The maximum absolute atomic E-state index is 13.7. The number of nitrogens with zero attached hydrogens (tertiary/aromatic N) is 4. The first-order valence-corrected chi connectivity index (χ1v) is 15.7. The Morgan fingerprint density at radius 1 is 1.07 bits per heavy atom. The molecule has 1 aromatic carbocycles. The molecule has 3 atom stereocenters. The molecule has 228 valence electrons. The van der Waals surface area contributed by atoms with Gasteiger partial charge in [0.1, 0.15) is 5.75 Å². The molecular formula is C32H50N4O5. The number of carboxylic acids is 1. The van der Waals surface area contributed by atoms with Crippen LogP contribution in [-0.4, -0.2) is 115 Å². The molecule has 0 bridgehead atoms. The summed E-state index contributed by atoms with van der Waals surface area (Å²) in [7, 11) is 4.13. The van der Waals surface area contributed by atoms with Crippen LogP contribution in [-0.2, 0) is 20.8 Å². The third-order valence-electron chi connectivity index (χ3n) is 9.03. The van der Waals surface area contributed by atoms with Gasteiger partial charge in [-0.2, -0.15) is 0 Å². The lowest BCUT2D eigenvalue weighted by Crippen LogP contribution is -2.45. The van der Waals surface area contributed by atoms with E-state index in [1.165, 1.54) is 0 Å². The zero-order chi connectivity index (χ0) is 29.4. The molecule has 0 aliphatic carbocycles. The molecule has 0 saturated carbocycles. The average molecular weight is 571 g/mol. The van der Waals surface area contributed by atoms with Crippen molar-refractivity contribution in [1.82, 2.24) is 19.6 Å². The SMILES string of the molecule is CCCCN(CCCCN(C)C)C(=O)CN1C[C@H](c2ccc3c(c2)CCO3)[C@@H](C(=O)O)[C@@H]1CCCN1CCCC1=O. The van der Waals surface area contributed by atoms with Crippen LogP contribution in [0.4, 0.5) is 0 Å². The summed E-state index contributed by atoms with van der Waals surface area (Å²) >= 11 is 0. The summed E-state index contributed by atoms with van der Waals surface area (Å²) in [4.78, 5) is 46.9. The Labute approximate surface area is 245 Å². The minimum Gasteiger partial charge on any atom is -0.493 e. The average Bonchev–Trinajstić information content (AvgIpc) is 3.66. The van der Waals surface area contributed by atoms with Crippen LogP contribution < -0.4 is 4.74 Å². The molecule has 3 aliphatic rings. The molecule has 0 aromatic heterocycles. The minimum absolute atomic E-state index is 0.0927. The van der Waals surface area contributed by atoms with Gasteiger partial charge in [-0.15, -0.1) is 0 Å². The molecule has 2 amide bonds. The first-order chi connectivity index (χ1) is 19.8. The first kappa shape index (κ1) is 31.3. The molecule has 3 heterocycles. The van der Waals surface area contributed by atoms with Gasteiger partial charge < -0.3 is 24.5 Å². The molecule has 2 fully saturated rings. The van der Waals surface area contributed by atoms with Crippen molar-refractivity contribution in [3.8, 4) is 5.75 Å². The molecule has 0 spiro atoms. The normalized spacial score (nSPS) is 22.4. The van der Waals surface area contributed by atoms with Gasteiger partial charge in [0, 0.05) is 57.5 Å². The Bertz CT molecular complexity index is 1050. The highest BCUT2D eigenvalue weighted by Gasteiger charge is 2.47. The zero-order valence-corrected chi connectivity index (χ0v) is 25.4. The number of hydrogen-bond acceptors (Lipinski definition) is 6. The Balaban J connectivity index is 1.51. The third-order valence-corrected chi connectivity index (χ3v) is 9.03. The van der Waals surface area contributed by atoms with Gasteiger partial charge in [-0.1, -0.05) is 25.5 Å². The standard InChI is InChI=1S/C32H50N4O5/c1-4-5-16-35(17-7-6-15-33(2)3)30(38)23-36-22-26(24-12-13-28-25(21-24)14-20-41-28)31(32(39)40)27(36)10-8-18-34-19-9-11-29(34)37/h12-13,21,26-27,31H,4-11,14-20,22-23H2,1-3H3,(H,39,40)/t26-,27+,31-/m1/s1. The number of likely N-dealkylation sites (tertiary alicyclic amines) is 2. The predicted octanol–water partition coefficient (Wildman–Crippen LogP) is 3.46. The van der Waals surface area contributed by atoms with Crippen molar-refractivity contribution in [3.63, 3.8) is 0 Å². The van der Waals surface area contributed by atoms with Gasteiger partial charge in [-0.25, -0.2) is 0 Å². The summed E-state index contributed by atoms with van der Waals surface area (Å²) in [6.45, 7) is 7.48. The van der Waals surface area contributed by atoms with Crippen molar-refractivity contribution in [1.29, 1.82) is 0 Å². The van der Waals surface area contributed by atoms with Crippen LogP contribution >= 0.6 is 0 Å². The second-order valence-corrected chi connectivity index (χ2v) is 12.3. The number of fused-ring (bicyclic) bond motifs is 1. The van der Waals surface area contributed by atoms with E-state index in [0.717, 1.165) is 88.0 Å². The Morgan fingerprint density at radius 2 is 1.85 bits per heavy atom. The lowest BCUT2D eigenvalue weighted by molar-refractivity contribution is -0.144. The number of aliphatic carboxylic acids is 1. The summed E-state index contributed by atoms with van der Waals surface area (Å²) in [5, 5.41) is 10.5. The number of ether oxygens (including phenoxy) is 1. The van der Waals surface area contributed by atoms with E-state index in [0.29, 0.717) is 32.5 Å². The summed E-state index contributed by atoms with van der Waals surface area (Å²) in [5.74, 6) is -0.447. The smallest absolute Gasteiger partial charge is 0.308 e. The zero-order valence-electron chi connectivity index (χ0n) is 25.4. The number of carboxylic acid groups (broad SMARTS) is 1. The number of amides is 2. The van der Waals surface area contributed by atoms with E-state index in [-0.39, 0.29) is 30.3 Å². The van der Waals surface area contributed by atoms with Gasteiger partial charge in [0.15, 0.2) is 0 Å². The largest absolute Gasteiger partial charge is 0.493 e. The number of rotatable bonds is 16. The van der Waals surface area contributed by atoms with E-state index in [1.54, 1.807) is 0 Å². The first-order valence-electron chi connectivity index (χ1n) is 15.7. The van der Waals surface area contributed by atoms with Gasteiger partial charge in [0.05, 0.1) is 19.1 Å². The van der Waals surface area contributed by atoms with Crippen LogP contribution in [0.1, 0.15) is 75.3 Å². The highest BCUT2D eigenvalue weighted by molar-refractivity contribution is 5.79. The van der Waals surface area contributed by atoms with Crippen molar-refractivity contribution in [2.45, 2.75) is 76.7 Å². The number of hydrogen-bond donors (Lipinski definition) is 1. The molecule has 9 heteroatoms. The van der Waals surface area contributed by atoms with Gasteiger partial charge >= 0.3 is 5.97 Å².